The van der Waals surface area contributed by atoms with Crippen LogP contribution in [-0.4, -0.2) is 25.8 Å². The minimum absolute atomic E-state index is 0.138. The molecule has 0 N–H and O–H groups in total. The van der Waals surface area contributed by atoms with Crippen molar-refractivity contribution >= 4 is 5.97 Å². The fourth-order valence-corrected chi connectivity index (χ4v) is 1.31. The van der Waals surface area contributed by atoms with E-state index in [4.69, 9.17) is 9.47 Å². The zero-order valence-corrected chi connectivity index (χ0v) is 11.0. The predicted octanol–water partition coefficient (Wildman–Crippen LogP) is 3.17. The average Bonchev–Trinajstić information content (AvgIpc) is 2.23. The molecule has 0 aromatic carbocycles. The number of unbranched alkanes of at least 4 members (excludes halogenated alkanes) is 1. The van der Waals surface area contributed by atoms with E-state index in [0.717, 1.165) is 31.8 Å². The number of hydrogen-bond acceptors (Lipinski definition) is 3. The molecule has 0 unspecified atom stereocenters. The first kappa shape index (κ1) is 15.4. The van der Waals surface area contributed by atoms with Crippen LogP contribution in [0.3, 0.4) is 0 Å². The number of hydrogen-bond donors (Lipinski definition) is 0. The van der Waals surface area contributed by atoms with Crippen molar-refractivity contribution in [3.05, 3.63) is 0 Å². The summed E-state index contributed by atoms with van der Waals surface area (Å²) < 4.78 is 10.3. The van der Waals surface area contributed by atoms with Gasteiger partial charge in [0.05, 0.1) is 19.6 Å². The van der Waals surface area contributed by atoms with Crippen molar-refractivity contribution in [2.45, 2.75) is 52.9 Å². The van der Waals surface area contributed by atoms with Crippen LogP contribution >= 0.6 is 0 Å². The first-order valence-corrected chi connectivity index (χ1v) is 6.40. The molecule has 96 valence electrons. The third kappa shape index (κ3) is 11.5. The fourth-order valence-electron chi connectivity index (χ4n) is 1.31. The Labute approximate surface area is 99.5 Å². The van der Waals surface area contributed by atoms with Gasteiger partial charge in [-0.2, -0.15) is 0 Å². The van der Waals surface area contributed by atoms with E-state index in [0.29, 0.717) is 19.6 Å². The Bertz CT molecular complexity index is 167. The Morgan fingerprint density at radius 3 is 2.50 bits per heavy atom. The summed E-state index contributed by atoms with van der Waals surface area (Å²) >= 11 is 0. The summed E-state index contributed by atoms with van der Waals surface area (Å²) in [6, 6.07) is 0. The highest BCUT2D eigenvalue weighted by atomic mass is 16.5. The molecule has 0 amide bonds. The Kier molecular flexibility index (Phi) is 10.5. The van der Waals surface area contributed by atoms with Gasteiger partial charge in [0, 0.05) is 6.61 Å². The van der Waals surface area contributed by atoms with E-state index in [9.17, 15) is 4.79 Å². The zero-order chi connectivity index (χ0) is 12.2. The molecule has 0 fully saturated rings. The molecule has 0 heterocycles. The molecule has 0 aromatic heterocycles. The Balaban J connectivity index is 3.17. The van der Waals surface area contributed by atoms with E-state index in [1.165, 1.54) is 6.42 Å². The molecular weight excluding hydrogens is 204 g/mol. The van der Waals surface area contributed by atoms with Crippen LogP contribution in [0.5, 0.6) is 0 Å². The first-order chi connectivity index (χ1) is 7.66. The van der Waals surface area contributed by atoms with Gasteiger partial charge >= 0.3 is 5.97 Å². The molecule has 0 bridgehead atoms. The summed E-state index contributed by atoms with van der Waals surface area (Å²) in [5.74, 6) is 0.596. The normalized spacial score (nSPS) is 10.8. The molecule has 0 aliphatic heterocycles. The van der Waals surface area contributed by atoms with Crippen molar-refractivity contribution < 1.29 is 14.3 Å². The lowest BCUT2D eigenvalue weighted by Crippen LogP contribution is -2.09. The minimum atomic E-state index is -0.138. The van der Waals surface area contributed by atoms with E-state index in [2.05, 4.69) is 13.8 Å². The monoisotopic (exact) mass is 230 g/mol. The third-order valence-electron chi connectivity index (χ3n) is 2.24. The maximum absolute atomic E-state index is 11.2. The van der Waals surface area contributed by atoms with E-state index in [1.807, 2.05) is 6.92 Å². The van der Waals surface area contributed by atoms with E-state index in [-0.39, 0.29) is 5.97 Å². The van der Waals surface area contributed by atoms with Crippen LogP contribution in [0.2, 0.25) is 0 Å². The van der Waals surface area contributed by atoms with Crippen LogP contribution < -0.4 is 0 Å². The van der Waals surface area contributed by atoms with Gasteiger partial charge in [0.15, 0.2) is 0 Å². The summed E-state index contributed by atoms with van der Waals surface area (Å²) in [5, 5.41) is 0. The number of carbonyl (C=O) groups is 1. The molecule has 0 aliphatic carbocycles. The van der Waals surface area contributed by atoms with Gasteiger partial charge in [0.25, 0.3) is 0 Å². The smallest absolute Gasteiger partial charge is 0.308 e. The Morgan fingerprint density at radius 2 is 1.88 bits per heavy atom. The highest BCUT2D eigenvalue weighted by Gasteiger charge is 2.02. The highest BCUT2D eigenvalue weighted by molar-refractivity contribution is 5.69. The Morgan fingerprint density at radius 1 is 1.12 bits per heavy atom. The molecule has 3 heteroatoms. The van der Waals surface area contributed by atoms with Gasteiger partial charge < -0.3 is 9.47 Å². The van der Waals surface area contributed by atoms with Crippen LogP contribution in [-0.2, 0) is 14.3 Å². The lowest BCUT2D eigenvalue weighted by Gasteiger charge is -2.06. The number of rotatable bonds is 10. The molecule has 0 saturated carbocycles. The standard InChI is InChI=1S/C13H26O3/c1-4-9-15-11-8-13(14)16-10-6-5-7-12(2)3/h12H,4-11H2,1-3H3. The van der Waals surface area contributed by atoms with Gasteiger partial charge in [0.2, 0.25) is 0 Å². The van der Waals surface area contributed by atoms with Crippen molar-refractivity contribution in [3.8, 4) is 0 Å². The van der Waals surface area contributed by atoms with Crippen molar-refractivity contribution in [2.75, 3.05) is 19.8 Å². The topological polar surface area (TPSA) is 35.5 Å². The van der Waals surface area contributed by atoms with Gasteiger partial charge in [-0.05, 0) is 25.2 Å². The summed E-state index contributed by atoms with van der Waals surface area (Å²) in [5.41, 5.74) is 0. The molecule has 0 spiro atoms. The maximum atomic E-state index is 11.2. The lowest BCUT2D eigenvalue weighted by molar-refractivity contribution is -0.145. The molecule has 0 aromatic rings. The van der Waals surface area contributed by atoms with Crippen molar-refractivity contribution in [3.63, 3.8) is 0 Å². The zero-order valence-electron chi connectivity index (χ0n) is 11.0. The van der Waals surface area contributed by atoms with Crippen LogP contribution in [0.1, 0.15) is 52.9 Å². The number of carbonyl (C=O) groups excluding carboxylic acids is 1. The predicted molar refractivity (Wildman–Crippen MR) is 65.4 cm³/mol. The van der Waals surface area contributed by atoms with Crippen molar-refractivity contribution in [1.82, 2.24) is 0 Å². The second kappa shape index (κ2) is 10.9. The average molecular weight is 230 g/mol. The van der Waals surface area contributed by atoms with Gasteiger partial charge in [0.1, 0.15) is 0 Å². The van der Waals surface area contributed by atoms with Gasteiger partial charge in [-0.15, -0.1) is 0 Å². The van der Waals surface area contributed by atoms with Crippen molar-refractivity contribution in [2.24, 2.45) is 5.92 Å². The summed E-state index contributed by atoms with van der Waals surface area (Å²) in [6.45, 7) is 8.22. The SMILES string of the molecule is CCCOCCC(=O)OCCCCC(C)C. The molecule has 3 nitrogen and oxygen atoms in total. The van der Waals surface area contributed by atoms with E-state index in [1.54, 1.807) is 0 Å². The summed E-state index contributed by atoms with van der Waals surface area (Å²) in [4.78, 5) is 11.2. The second-order valence-corrected chi connectivity index (χ2v) is 4.47. The van der Waals surface area contributed by atoms with Gasteiger partial charge in [-0.1, -0.05) is 27.2 Å². The number of esters is 1. The van der Waals surface area contributed by atoms with Gasteiger partial charge in [-0.3, -0.25) is 4.79 Å². The Hall–Kier alpha value is -0.570. The maximum Gasteiger partial charge on any atom is 0.308 e. The minimum Gasteiger partial charge on any atom is -0.466 e. The molecule has 0 atom stereocenters. The third-order valence-corrected chi connectivity index (χ3v) is 2.24. The molecule has 0 aliphatic rings. The quantitative estimate of drug-likeness (QED) is 0.427. The van der Waals surface area contributed by atoms with E-state index >= 15 is 0 Å². The van der Waals surface area contributed by atoms with Crippen LogP contribution in [0.15, 0.2) is 0 Å². The van der Waals surface area contributed by atoms with E-state index < -0.39 is 0 Å². The van der Waals surface area contributed by atoms with Gasteiger partial charge in [-0.25, -0.2) is 0 Å². The summed E-state index contributed by atoms with van der Waals surface area (Å²) in [7, 11) is 0. The van der Waals surface area contributed by atoms with Crippen LogP contribution in [0.25, 0.3) is 0 Å². The lowest BCUT2D eigenvalue weighted by atomic mass is 10.1. The highest BCUT2D eigenvalue weighted by Crippen LogP contribution is 2.06. The van der Waals surface area contributed by atoms with Crippen molar-refractivity contribution in [1.29, 1.82) is 0 Å². The summed E-state index contributed by atoms with van der Waals surface area (Å²) in [6.07, 6.45) is 4.68. The van der Waals surface area contributed by atoms with Crippen LogP contribution in [0, 0.1) is 5.92 Å². The fraction of sp³-hybridized carbons (Fsp3) is 0.923. The molecule has 0 rings (SSSR count). The molecular formula is C13H26O3. The number of ether oxygens (including phenoxy) is 2. The largest absolute Gasteiger partial charge is 0.466 e. The molecule has 0 saturated heterocycles. The molecule has 16 heavy (non-hydrogen) atoms. The second-order valence-electron chi connectivity index (χ2n) is 4.47. The van der Waals surface area contributed by atoms with Crippen LogP contribution in [0.4, 0.5) is 0 Å². The first-order valence-electron chi connectivity index (χ1n) is 6.40. The molecule has 0 radical (unpaired) electrons.